The second kappa shape index (κ2) is 9.09. The minimum absolute atomic E-state index is 0.255. The first-order valence-electron chi connectivity index (χ1n) is 8.62. The lowest BCUT2D eigenvalue weighted by atomic mass is 9.82. The Morgan fingerprint density at radius 2 is 1.76 bits per heavy atom. The highest BCUT2D eigenvalue weighted by Gasteiger charge is 2.42. The van der Waals surface area contributed by atoms with Gasteiger partial charge in [0.2, 0.25) is 0 Å². The average Bonchev–Trinajstić information content (AvgIpc) is 2.51. The summed E-state index contributed by atoms with van der Waals surface area (Å²) in [4.78, 5) is 2.71. The standard InChI is InChI=1S/C17H36N2O2/c1-6-16(4)15-19(10-9-11-21-13-12-20-5)17(7-2,8-3)14-18-16/h18H,6-15H2,1-5H3. The number of nitrogens with one attached hydrogen (secondary N) is 1. The summed E-state index contributed by atoms with van der Waals surface area (Å²) in [6.45, 7) is 14.9. The fraction of sp³-hybridized carbons (Fsp3) is 1.00. The van der Waals surface area contributed by atoms with Gasteiger partial charge in [0.15, 0.2) is 0 Å². The summed E-state index contributed by atoms with van der Waals surface area (Å²) in [7, 11) is 1.71. The normalized spacial score (nSPS) is 26.1. The van der Waals surface area contributed by atoms with Crippen molar-refractivity contribution in [3.63, 3.8) is 0 Å². The Morgan fingerprint density at radius 3 is 2.33 bits per heavy atom. The van der Waals surface area contributed by atoms with Crippen molar-refractivity contribution in [1.29, 1.82) is 0 Å². The van der Waals surface area contributed by atoms with Gasteiger partial charge in [0.05, 0.1) is 13.2 Å². The van der Waals surface area contributed by atoms with E-state index in [9.17, 15) is 0 Å². The number of ether oxygens (including phenoxy) is 2. The maximum absolute atomic E-state index is 5.61. The molecule has 1 aliphatic rings. The molecule has 0 bridgehead atoms. The number of hydrogen-bond acceptors (Lipinski definition) is 4. The van der Waals surface area contributed by atoms with Gasteiger partial charge < -0.3 is 14.8 Å². The molecular weight excluding hydrogens is 264 g/mol. The number of rotatable bonds is 10. The fourth-order valence-electron chi connectivity index (χ4n) is 3.24. The largest absolute Gasteiger partial charge is 0.382 e. The van der Waals surface area contributed by atoms with Gasteiger partial charge in [-0.05, 0) is 32.6 Å². The Morgan fingerprint density at radius 1 is 1.05 bits per heavy atom. The molecule has 1 N–H and O–H groups in total. The lowest BCUT2D eigenvalue weighted by Crippen LogP contribution is -2.68. The van der Waals surface area contributed by atoms with Crippen LogP contribution in [0.3, 0.4) is 0 Å². The van der Waals surface area contributed by atoms with E-state index in [0.29, 0.717) is 18.8 Å². The van der Waals surface area contributed by atoms with E-state index in [1.807, 2.05) is 0 Å². The molecule has 0 radical (unpaired) electrons. The number of methoxy groups -OCH3 is 1. The lowest BCUT2D eigenvalue weighted by Gasteiger charge is -2.53. The molecule has 21 heavy (non-hydrogen) atoms. The lowest BCUT2D eigenvalue weighted by molar-refractivity contribution is -0.00633. The van der Waals surface area contributed by atoms with Crippen LogP contribution in [0.25, 0.3) is 0 Å². The molecule has 4 heteroatoms. The van der Waals surface area contributed by atoms with Crippen LogP contribution < -0.4 is 5.32 Å². The molecule has 0 amide bonds. The highest BCUT2D eigenvalue weighted by Crippen LogP contribution is 2.31. The van der Waals surface area contributed by atoms with Crippen molar-refractivity contribution >= 4 is 0 Å². The SMILES string of the molecule is CCC1(C)CN(CCCOCCOC)C(CC)(CC)CN1. The van der Waals surface area contributed by atoms with E-state index in [1.165, 1.54) is 19.3 Å². The monoisotopic (exact) mass is 300 g/mol. The molecule has 1 fully saturated rings. The van der Waals surface area contributed by atoms with Gasteiger partial charge in [-0.25, -0.2) is 0 Å². The second-order valence-electron chi connectivity index (χ2n) is 6.58. The maximum atomic E-state index is 5.61. The third-order valence-electron chi connectivity index (χ3n) is 5.30. The summed E-state index contributed by atoms with van der Waals surface area (Å²) in [5.74, 6) is 0. The molecule has 1 unspecified atom stereocenters. The van der Waals surface area contributed by atoms with E-state index in [1.54, 1.807) is 7.11 Å². The molecular formula is C17H36N2O2. The first-order valence-corrected chi connectivity index (χ1v) is 8.62. The molecule has 0 aliphatic carbocycles. The highest BCUT2D eigenvalue weighted by atomic mass is 16.5. The van der Waals surface area contributed by atoms with Gasteiger partial charge in [0, 0.05) is 44.4 Å². The molecule has 1 heterocycles. The Kier molecular flexibility index (Phi) is 8.17. The summed E-state index contributed by atoms with van der Waals surface area (Å²) in [5.41, 5.74) is 0.575. The Hall–Kier alpha value is -0.160. The zero-order chi connectivity index (χ0) is 15.8. The quantitative estimate of drug-likeness (QED) is 0.629. The molecule has 0 aromatic heterocycles. The van der Waals surface area contributed by atoms with Gasteiger partial charge >= 0.3 is 0 Å². The molecule has 0 aromatic carbocycles. The molecule has 1 aliphatic heterocycles. The van der Waals surface area contributed by atoms with Crippen LogP contribution in [-0.4, -0.2) is 62.5 Å². The molecule has 1 rings (SSSR count). The molecule has 0 saturated carbocycles. The first-order chi connectivity index (χ1) is 10.1. The molecule has 1 saturated heterocycles. The van der Waals surface area contributed by atoms with Gasteiger partial charge in [-0.2, -0.15) is 0 Å². The van der Waals surface area contributed by atoms with Crippen molar-refractivity contribution in [2.24, 2.45) is 0 Å². The maximum Gasteiger partial charge on any atom is 0.0700 e. The number of piperazine rings is 1. The van der Waals surface area contributed by atoms with Gasteiger partial charge in [-0.3, -0.25) is 4.90 Å². The summed E-state index contributed by atoms with van der Waals surface area (Å²) >= 11 is 0. The van der Waals surface area contributed by atoms with Crippen LogP contribution in [0.2, 0.25) is 0 Å². The Labute approximate surface area is 131 Å². The number of hydrogen-bond donors (Lipinski definition) is 1. The number of nitrogens with zero attached hydrogens (tertiary/aromatic N) is 1. The van der Waals surface area contributed by atoms with Crippen LogP contribution in [0.15, 0.2) is 0 Å². The third-order valence-corrected chi connectivity index (χ3v) is 5.30. The predicted molar refractivity (Wildman–Crippen MR) is 88.9 cm³/mol. The summed E-state index contributed by atoms with van der Waals surface area (Å²) in [6, 6.07) is 0. The van der Waals surface area contributed by atoms with Crippen LogP contribution in [0, 0.1) is 0 Å². The zero-order valence-corrected chi connectivity index (χ0v) is 14.8. The second-order valence-corrected chi connectivity index (χ2v) is 6.58. The van der Waals surface area contributed by atoms with Crippen molar-refractivity contribution in [1.82, 2.24) is 10.2 Å². The van der Waals surface area contributed by atoms with E-state index < -0.39 is 0 Å². The van der Waals surface area contributed by atoms with E-state index in [2.05, 4.69) is 37.9 Å². The van der Waals surface area contributed by atoms with Crippen LogP contribution in [0.4, 0.5) is 0 Å². The van der Waals surface area contributed by atoms with Crippen molar-refractivity contribution in [3.05, 3.63) is 0 Å². The molecule has 126 valence electrons. The summed E-state index contributed by atoms with van der Waals surface area (Å²) in [6.07, 6.45) is 4.70. The molecule has 1 atom stereocenters. The van der Waals surface area contributed by atoms with Crippen LogP contribution in [0.5, 0.6) is 0 Å². The Balaban J connectivity index is 2.51. The van der Waals surface area contributed by atoms with Crippen LogP contribution >= 0.6 is 0 Å². The first kappa shape index (κ1) is 18.9. The highest BCUT2D eigenvalue weighted by molar-refractivity contribution is 5.02. The van der Waals surface area contributed by atoms with Crippen molar-refractivity contribution in [2.75, 3.05) is 46.6 Å². The van der Waals surface area contributed by atoms with E-state index in [-0.39, 0.29) is 5.54 Å². The summed E-state index contributed by atoms with van der Waals surface area (Å²) in [5, 5.41) is 3.80. The fourth-order valence-corrected chi connectivity index (χ4v) is 3.24. The van der Waals surface area contributed by atoms with Gasteiger partial charge in [-0.1, -0.05) is 20.8 Å². The van der Waals surface area contributed by atoms with Gasteiger partial charge in [0.1, 0.15) is 0 Å². The minimum atomic E-state index is 0.255. The van der Waals surface area contributed by atoms with E-state index in [0.717, 1.165) is 32.7 Å². The van der Waals surface area contributed by atoms with Crippen molar-refractivity contribution in [3.8, 4) is 0 Å². The Bertz CT molecular complexity index is 282. The predicted octanol–water partition coefficient (Wildman–Crippen LogP) is 2.67. The molecule has 4 nitrogen and oxygen atoms in total. The van der Waals surface area contributed by atoms with E-state index in [4.69, 9.17) is 9.47 Å². The summed E-state index contributed by atoms with van der Waals surface area (Å²) < 4.78 is 10.6. The van der Waals surface area contributed by atoms with Gasteiger partial charge in [-0.15, -0.1) is 0 Å². The smallest absolute Gasteiger partial charge is 0.0700 e. The molecule has 0 spiro atoms. The van der Waals surface area contributed by atoms with E-state index >= 15 is 0 Å². The van der Waals surface area contributed by atoms with Gasteiger partial charge in [0.25, 0.3) is 0 Å². The van der Waals surface area contributed by atoms with Crippen LogP contribution in [0.1, 0.15) is 53.4 Å². The van der Waals surface area contributed by atoms with Crippen molar-refractivity contribution < 1.29 is 9.47 Å². The topological polar surface area (TPSA) is 33.7 Å². The zero-order valence-electron chi connectivity index (χ0n) is 14.8. The van der Waals surface area contributed by atoms with Crippen LogP contribution in [-0.2, 0) is 9.47 Å². The average molecular weight is 300 g/mol. The minimum Gasteiger partial charge on any atom is -0.382 e. The molecule has 0 aromatic rings. The third kappa shape index (κ3) is 5.20. The van der Waals surface area contributed by atoms with Crippen molar-refractivity contribution in [2.45, 2.75) is 64.5 Å².